The van der Waals surface area contributed by atoms with E-state index in [0.717, 1.165) is 11.1 Å². The van der Waals surface area contributed by atoms with Gasteiger partial charge in [0.1, 0.15) is 17.5 Å². The average molecular weight is 567 g/mol. The van der Waals surface area contributed by atoms with Crippen molar-refractivity contribution in [2.45, 2.75) is 38.1 Å². The number of ketones is 2. The van der Waals surface area contributed by atoms with Crippen molar-refractivity contribution in [1.29, 1.82) is 0 Å². The number of amides is 1. The number of carbonyl (C=O) groups excluding carboxylic acids is 3. The van der Waals surface area contributed by atoms with E-state index in [-0.39, 0.29) is 50.8 Å². The molecular formula is C29H24Cl2N2O6. The van der Waals surface area contributed by atoms with Gasteiger partial charge in [0, 0.05) is 24.3 Å². The molecule has 8 nitrogen and oxygen atoms in total. The summed E-state index contributed by atoms with van der Waals surface area (Å²) in [4.78, 5) is 54.9. The van der Waals surface area contributed by atoms with E-state index in [1.165, 1.54) is 18.2 Å². The molecule has 0 bridgehead atoms. The van der Waals surface area contributed by atoms with Crippen LogP contribution in [-0.4, -0.2) is 45.4 Å². The molecule has 1 heterocycles. The van der Waals surface area contributed by atoms with Gasteiger partial charge in [-0.25, -0.2) is 9.79 Å². The standard InChI is InChI=1S/C29H24Cl2N2O6/c1-15-19-7-2-3-8-22(19)32-27(15)28(37)33-23(29(38)39)14-25(36)26-20(30)12-17(13-21(26)31)24(35)10-9-16-5-4-6-18(34)11-16/h2-8,11-13,15,23,34H,9-10,14H2,1H3,(H,33,37)(H,38,39). The molecule has 0 fully saturated rings. The molecule has 0 saturated carbocycles. The summed E-state index contributed by atoms with van der Waals surface area (Å²) < 4.78 is 0. The summed E-state index contributed by atoms with van der Waals surface area (Å²) >= 11 is 12.6. The van der Waals surface area contributed by atoms with Crippen molar-refractivity contribution in [3.05, 3.63) is 93.0 Å². The van der Waals surface area contributed by atoms with Crippen molar-refractivity contribution in [2.24, 2.45) is 4.99 Å². The number of phenols is 1. The van der Waals surface area contributed by atoms with Crippen LogP contribution in [0.15, 0.2) is 65.7 Å². The zero-order chi connectivity index (χ0) is 28.3. The SMILES string of the molecule is CC1C(C(=O)NC(CC(=O)c2c(Cl)cc(C(=O)CCc3cccc(O)c3)cc2Cl)C(=O)O)=Nc2ccccc21. The molecule has 3 aromatic carbocycles. The number of nitrogens with zero attached hydrogens (tertiary/aromatic N) is 1. The van der Waals surface area contributed by atoms with Crippen LogP contribution in [0.1, 0.15) is 57.5 Å². The number of phenolic OH excluding ortho intramolecular Hbond substituents is 1. The highest BCUT2D eigenvalue weighted by Gasteiger charge is 2.32. The summed E-state index contributed by atoms with van der Waals surface area (Å²) in [5, 5.41) is 21.4. The number of aliphatic imine (C=N–C) groups is 1. The molecule has 4 rings (SSSR count). The van der Waals surface area contributed by atoms with Crippen LogP contribution in [-0.2, 0) is 16.0 Å². The van der Waals surface area contributed by atoms with Crippen LogP contribution < -0.4 is 5.32 Å². The van der Waals surface area contributed by atoms with Gasteiger partial charge in [0.05, 0.1) is 21.3 Å². The largest absolute Gasteiger partial charge is 0.508 e. The van der Waals surface area contributed by atoms with Crippen LogP contribution >= 0.6 is 23.2 Å². The lowest BCUT2D eigenvalue weighted by Crippen LogP contribution is -2.45. The maximum Gasteiger partial charge on any atom is 0.326 e. The number of halogens is 2. The molecule has 39 heavy (non-hydrogen) atoms. The third kappa shape index (κ3) is 6.35. The second kappa shape index (κ2) is 11.8. The Balaban J connectivity index is 1.44. The monoisotopic (exact) mass is 566 g/mol. The number of aliphatic carboxylic acids is 1. The predicted octanol–water partition coefficient (Wildman–Crippen LogP) is 5.55. The number of Topliss-reactive ketones (excluding diaryl/α,β-unsaturated/α-hetero) is 2. The van der Waals surface area contributed by atoms with Crippen LogP contribution in [0, 0.1) is 0 Å². The quantitative estimate of drug-likeness (QED) is 0.275. The molecule has 3 aromatic rings. The van der Waals surface area contributed by atoms with E-state index >= 15 is 0 Å². The molecule has 200 valence electrons. The summed E-state index contributed by atoms with van der Waals surface area (Å²) in [6.45, 7) is 1.79. The number of aromatic hydroxyl groups is 1. The second-order valence-corrected chi connectivity index (χ2v) is 9.99. The molecule has 0 radical (unpaired) electrons. The Hall–Kier alpha value is -4.01. The van der Waals surface area contributed by atoms with E-state index in [9.17, 15) is 29.4 Å². The minimum atomic E-state index is -1.56. The average Bonchev–Trinajstić information content (AvgIpc) is 3.23. The van der Waals surface area contributed by atoms with E-state index in [4.69, 9.17) is 23.2 Å². The number of para-hydroxylation sites is 1. The van der Waals surface area contributed by atoms with Gasteiger partial charge in [-0.05, 0) is 47.9 Å². The Bertz CT molecular complexity index is 1490. The fourth-order valence-corrected chi connectivity index (χ4v) is 5.11. The van der Waals surface area contributed by atoms with E-state index in [1.54, 1.807) is 37.3 Å². The number of nitrogens with one attached hydrogen (secondary N) is 1. The number of carbonyl (C=O) groups is 4. The zero-order valence-corrected chi connectivity index (χ0v) is 22.3. The Morgan fingerprint density at radius 2 is 1.67 bits per heavy atom. The lowest BCUT2D eigenvalue weighted by Gasteiger charge is -2.16. The number of rotatable bonds is 10. The third-order valence-corrected chi connectivity index (χ3v) is 7.07. The Morgan fingerprint density at radius 3 is 2.31 bits per heavy atom. The fraction of sp³-hybridized carbons (Fsp3) is 0.207. The summed E-state index contributed by atoms with van der Waals surface area (Å²) in [5.41, 5.74) is 2.46. The number of aryl methyl sites for hydroxylation is 1. The first-order valence-electron chi connectivity index (χ1n) is 12.1. The molecule has 1 aliphatic heterocycles. The molecule has 1 amide bonds. The number of benzene rings is 3. The van der Waals surface area contributed by atoms with E-state index in [2.05, 4.69) is 10.3 Å². The molecule has 0 saturated heterocycles. The lowest BCUT2D eigenvalue weighted by molar-refractivity contribution is -0.141. The minimum Gasteiger partial charge on any atom is -0.508 e. The van der Waals surface area contributed by atoms with Crippen LogP contribution in [0.2, 0.25) is 10.0 Å². The van der Waals surface area contributed by atoms with Gasteiger partial charge in [-0.3, -0.25) is 14.4 Å². The molecular weight excluding hydrogens is 543 g/mol. The topological polar surface area (TPSA) is 133 Å². The second-order valence-electron chi connectivity index (χ2n) is 9.18. The fourth-order valence-electron chi connectivity index (χ4n) is 4.41. The molecule has 0 spiro atoms. The molecule has 0 aliphatic carbocycles. The number of carboxylic acid groups (broad SMARTS) is 1. The van der Waals surface area contributed by atoms with Crippen LogP contribution in [0.25, 0.3) is 0 Å². The maximum atomic E-state index is 13.0. The highest BCUT2D eigenvalue weighted by molar-refractivity contribution is 6.43. The van der Waals surface area contributed by atoms with E-state index < -0.39 is 30.1 Å². The summed E-state index contributed by atoms with van der Waals surface area (Å²) in [5.74, 6) is -3.32. The van der Waals surface area contributed by atoms with Gasteiger partial charge in [0.15, 0.2) is 11.6 Å². The number of carboxylic acids is 1. The Labute approximate surface area is 234 Å². The molecule has 2 unspecified atom stereocenters. The van der Waals surface area contributed by atoms with Crippen molar-refractivity contribution in [1.82, 2.24) is 5.32 Å². The van der Waals surface area contributed by atoms with Gasteiger partial charge in [-0.1, -0.05) is 60.5 Å². The van der Waals surface area contributed by atoms with Crippen molar-refractivity contribution in [2.75, 3.05) is 0 Å². The van der Waals surface area contributed by atoms with Crippen LogP contribution in [0.3, 0.4) is 0 Å². The molecule has 3 N–H and O–H groups in total. The number of hydrogen-bond donors (Lipinski definition) is 3. The zero-order valence-electron chi connectivity index (χ0n) is 20.8. The Kier molecular flexibility index (Phi) is 8.47. The maximum absolute atomic E-state index is 13.0. The van der Waals surface area contributed by atoms with Crippen molar-refractivity contribution >= 4 is 58.0 Å². The van der Waals surface area contributed by atoms with E-state index in [1.807, 2.05) is 12.1 Å². The van der Waals surface area contributed by atoms with Crippen molar-refractivity contribution < 1.29 is 29.4 Å². The van der Waals surface area contributed by atoms with E-state index in [0.29, 0.717) is 12.1 Å². The highest BCUT2D eigenvalue weighted by Crippen LogP contribution is 2.35. The first-order valence-corrected chi connectivity index (χ1v) is 12.8. The summed E-state index contributed by atoms with van der Waals surface area (Å²) in [7, 11) is 0. The van der Waals surface area contributed by atoms with Crippen LogP contribution in [0.5, 0.6) is 5.75 Å². The number of hydrogen-bond acceptors (Lipinski definition) is 6. The predicted molar refractivity (Wildman–Crippen MR) is 148 cm³/mol. The molecule has 2 atom stereocenters. The molecule has 1 aliphatic rings. The minimum absolute atomic E-state index is 0.0978. The van der Waals surface area contributed by atoms with Crippen molar-refractivity contribution in [3.8, 4) is 5.75 Å². The van der Waals surface area contributed by atoms with Gasteiger partial charge in [-0.2, -0.15) is 0 Å². The highest BCUT2D eigenvalue weighted by atomic mass is 35.5. The first-order chi connectivity index (χ1) is 18.5. The van der Waals surface area contributed by atoms with Gasteiger partial charge in [0.25, 0.3) is 5.91 Å². The van der Waals surface area contributed by atoms with Gasteiger partial charge in [-0.15, -0.1) is 0 Å². The van der Waals surface area contributed by atoms with Gasteiger partial charge in [0.2, 0.25) is 0 Å². The first kappa shape index (κ1) is 28.0. The normalized spacial score (nSPS) is 14.7. The third-order valence-electron chi connectivity index (χ3n) is 6.47. The molecule has 10 heteroatoms. The summed E-state index contributed by atoms with van der Waals surface area (Å²) in [6.07, 6.45) is -0.124. The molecule has 0 aromatic heterocycles. The van der Waals surface area contributed by atoms with Gasteiger partial charge >= 0.3 is 5.97 Å². The van der Waals surface area contributed by atoms with Gasteiger partial charge < -0.3 is 15.5 Å². The number of fused-ring (bicyclic) bond motifs is 1. The van der Waals surface area contributed by atoms with Crippen LogP contribution in [0.4, 0.5) is 5.69 Å². The summed E-state index contributed by atoms with van der Waals surface area (Å²) in [6, 6.07) is 14.8. The van der Waals surface area contributed by atoms with Crippen molar-refractivity contribution in [3.63, 3.8) is 0 Å². The lowest BCUT2D eigenvalue weighted by atomic mass is 9.96. The smallest absolute Gasteiger partial charge is 0.326 e. The Morgan fingerprint density at radius 1 is 0.974 bits per heavy atom.